The molecule has 0 atom stereocenters. The molecular formula is C13H22N4O2. The molecule has 6 heteroatoms. The van der Waals surface area contributed by atoms with Crippen molar-refractivity contribution in [2.45, 2.75) is 13.8 Å². The SMILES string of the molecule is CC(C)CNC(=O)CN(C)C(=O)c1cc(N)cn1C. The number of nitrogens with two attached hydrogens (primary N) is 1. The van der Waals surface area contributed by atoms with Crippen LogP contribution in [-0.2, 0) is 11.8 Å². The van der Waals surface area contributed by atoms with Crippen molar-refractivity contribution >= 4 is 17.5 Å². The summed E-state index contributed by atoms with van der Waals surface area (Å²) in [5.74, 6) is 0.00302. The van der Waals surface area contributed by atoms with Gasteiger partial charge in [-0.05, 0) is 12.0 Å². The highest BCUT2D eigenvalue weighted by molar-refractivity contribution is 5.95. The van der Waals surface area contributed by atoms with Gasteiger partial charge in [-0.2, -0.15) is 0 Å². The summed E-state index contributed by atoms with van der Waals surface area (Å²) in [4.78, 5) is 25.1. The predicted octanol–water partition coefficient (Wildman–Crippen LogP) is 0.452. The van der Waals surface area contributed by atoms with Crippen LogP contribution in [0, 0.1) is 5.92 Å². The van der Waals surface area contributed by atoms with E-state index in [2.05, 4.69) is 5.32 Å². The number of nitrogen functional groups attached to an aromatic ring is 1. The maximum atomic E-state index is 12.1. The van der Waals surface area contributed by atoms with Gasteiger partial charge >= 0.3 is 0 Å². The van der Waals surface area contributed by atoms with Gasteiger partial charge in [-0.15, -0.1) is 0 Å². The van der Waals surface area contributed by atoms with Crippen molar-refractivity contribution in [3.8, 4) is 0 Å². The largest absolute Gasteiger partial charge is 0.397 e. The minimum absolute atomic E-state index is 0.0383. The molecule has 0 saturated heterocycles. The first-order chi connectivity index (χ1) is 8.81. The van der Waals surface area contributed by atoms with Gasteiger partial charge in [0.25, 0.3) is 5.91 Å². The van der Waals surface area contributed by atoms with Gasteiger partial charge < -0.3 is 20.5 Å². The average Bonchev–Trinajstić information content (AvgIpc) is 2.64. The van der Waals surface area contributed by atoms with Crippen LogP contribution in [0.2, 0.25) is 0 Å². The Morgan fingerprint density at radius 1 is 1.47 bits per heavy atom. The normalized spacial score (nSPS) is 10.6. The fraction of sp³-hybridized carbons (Fsp3) is 0.538. The number of aryl methyl sites for hydroxylation is 1. The Bertz CT molecular complexity index is 465. The summed E-state index contributed by atoms with van der Waals surface area (Å²) in [6.45, 7) is 4.68. The molecular weight excluding hydrogens is 244 g/mol. The monoisotopic (exact) mass is 266 g/mol. The summed E-state index contributed by atoms with van der Waals surface area (Å²) in [6, 6.07) is 1.60. The Labute approximate surface area is 113 Å². The molecule has 1 aromatic rings. The Balaban J connectivity index is 2.58. The highest BCUT2D eigenvalue weighted by Gasteiger charge is 2.17. The Hall–Kier alpha value is -1.98. The van der Waals surface area contributed by atoms with E-state index in [9.17, 15) is 9.59 Å². The maximum Gasteiger partial charge on any atom is 0.270 e. The second-order valence-electron chi connectivity index (χ2n) is 5.13. The minimum Gasteiger partial charge on any atom is -0.397 e. The van der Waals surface area contributed by atoms with Crippen molar-refractivity contribution in [2.24, 2.45) is 13.0 Å². The number of hydrogen-bond donors (Lipinski definition) is 2. The van der Waals surface area contributed by atoms with Gasteiger partial charge in [0, 0.05) is 26.8 Å². The topological polar surface area (TPSA) is 80.4 Å². The predicted molar refractivity (Wildman–Crippen MR) is 74.6 cm³/mol. The zero-order chi connectivity index (χ0) is 14.6. The van der Waals surface area contributed by atoms with E-state index in [-0.39, 0.29) is 18.4 Å². The average molecular weight is 266 g/mol. The number of carbonyl (C=O) groups is 2. The van der Waals surface area contributed by atoms with E-state index in [1.54, 1.807) is 30.9 Å². The van der Waals surface area contributed by atoms with Crippen LogP contribution >= 0.6 is 0 Å². The second kappa shape index (κ2) is 6.26. The third kappa shape index (κ3) is 4.31. The van der Waals surface area contributed by atoms with Crippen molar-refractivity contribution in [2.75, 3.05) is 25.9 Å². The van der Waals surface area contributed by atoms with E-state index >= 15 is 0 Å². The number of aromatic nitrogens is 1. The molecule has 0 bridgehead atoms. The molecule has 0 aliphatic rings. The minimum atomic E-state index is -0.223. The number of nitrogens with zero attached hydrogens (tertiary/aromatic N) is 2. The standard InChI is InChI=1S/C13H22N4O2/c1-9(2)6-15-12(18)8-17(4)13(19)11-5-10(14)7-16(11)3/h5,7,9H,6,8,14H2,1-4H3,(H,15,18). The van der Waals surface area contributed by atoms with Gasteiger partial charge in [0.15, 0.2) is 0 Å². The lowest BCUT2D eigenvalue weighted by Gasteiger charge is -2.17. The van der Waals surface area contributed by atoms with E-state index in [0.717, 1.165) is 0 Å². The van der Waals surface area contributed by atoms with Crippen LogP contribution < -0.4 is 11.1 Å². The maximum absolute atomic E-state index is 12.1. The summed E-state index contributed by atoms with van der Waals surface area (Å²) in [5, 5.41) is 2.77. The van der Waals surface area contributed by atoms with Crippen LogP contribution in [0.3, 0.4) is 0 Å². The van der Waals surface area contributed by atoms with Crippen molar-refractivity contribution in [3.63, 3.8) is 0 Å². The zero-order valence-corrected chi connectivity index (χ0v) is 11.9. The fourth-order valence-electron chi connectivity index (χ4n) is 1.66. The van der Waals surface area contributed by atoms with Gasteiger partial charge in [0.2, 0.25) is 5.91 Å². The van der Waals surface area contributed by atoms with Gasteiger partial charge in [0.1, 0.15) is 5.69 Å². The molecule has 1 heterocycles. The summed E-state index contributed by atoms with van der Waals surface area (Å²) >= 11 is 0. The molecule has 0 unspecified atom stereocenters. The smallest absolute Gasteiger partial charge is 0.270 e. The first-order valence-electron chi connectivity index (χ1n) is 6.25. The molecule has 3 N–H and O–H groups in total. The highest BCUT2D eigenvalue weighted by Crippen LogP contribution is 2.10. The lowest BCUT2D eigenvalue weighted by molar-refractivity contribution is -0.121. The first kappa shape index (κ1) is 15.1. The molecule has 1 rings (SSSR count). The van der Waals surface area contributed by atoms with E-state index in [4.69, 9.17) is 5.73 Å². The highest BCUT2D eigenvalue weighted by atomic mass is 16.2. The zero-order valence-electron chi connectivity index (χ0n) is 11.9. The van der Waals surface area contributed by atoms with Crippen LogP contribution in [0.4, 0.5) is 5.69 Å². The number of carbonyl (C=O) groups excluding carboxylic acids is 2. The molecule has 0 saturated carbocycles. The van der Waals surface area contributed by atoms with E-state index in [1.165, 1.54) is 4.90 Å². The van der Waals surface area contributed by atoms with Gasteiger partial charge in [0.05, 0.1) is 12.2 Å². The van der Waals surface area contributed by atoms with Crippen LogP contribution in [0.15, 0.2) is 12.3 Å². The number of nitrogens with one attached hydrogen (secondary N) is 1. The molecule has 0 radical (unpaired) electrons. The van der Waals surface area contributed by atoms with Crippen molar-refractivity contribution in [3.05, 3.63) is 18.0 Å². The Morgan fingerprint density at radius 3 is 2.58 bits per heavy atom. The third-order valence-electron chi connectivity index (χ3n) is 2.68. The summed E-state index contributed by atoms with van der Waals surface area (Å²) in [7, 11) is 3.34. The number of hydrogen-bond acceptors (Lipinski definition) is 3. The van der Waals surface area contributed by atoms with Crippen molar-refractivity contribution in [1.82, 2.24) is 14.8 Å². The molecule has 0 fully saturated rings. The molecule has 0 spiro atoms. The van der Waals surface area contributed by atoms with E-state index in [0.29, 0.717) is 23.8 Å². The van der Waals surface area contributed by atoms with Crippen molar-refractivity contribution in [1.29, 1.82) is 0 Å². The van der Waals surface area contributed by atoms with Crippen LogP contribution in [0.1, 0.15) is 24.3 Å². The number of likely N-dealkylation sites (N-methyl/N-ethyl adjacent to an activating group) is 1. The summed E-state index contributed by atoms with van der Waals surface area (Å²) < 4.78 is 1.65. The third-order valence-corrected chi connectivity index (χ3v) is 2.68. The molecule has 19 heavy (non-hydrogen) atoms. The quantitative estimate of drug-likeness (QED) is 0.812. The summed E-state index contributed by atoms with van der Waals surface area (Å²) in [5.41, 5.74) is 6.63. The van der Waals surface area contributed by atoms with Crippen LogP contribution in [0.25, 0.3) is 0 Å². The van der Waals surface area contributed by atoms with Crippen LogP contribution in [-0.4, -0.2) is 41.4 Å². The van der Waals surface area contributed by atoms with E-state index in [1.807, 2.05) is 13.8 Å². The lowest BCUT2D eigenvalue weighted by Crippen LogP contribution is -2.39. The number of amides is 2. The molecule has 0 aliphatic heterocycles. The molecule has 2 amide bonds. The molecule has 1 aromatic heterocycles. The molecule has 106 valence electrons. The van der Waals surface area contributed by atoms with Gasteiger partial charge in [-0.3, -0.25) is 9.59 Å². The summed E-state index contributed by atoms with van der Waals surface area (Å²) in [6.07, 6.45) is 1.67. The van der Waals surface area contributed by atoms with E-state index < -0.39 is 0 Å². The second-order valence-corrected chi connectivity index (χ2v) is 5.13. The molecule has 6 nitrogen and oxygen atoms in total. The van der Waals surface area contributed by atoms with Gasteiger partial charge in [-0.25, -0.2) is 0 Å². The molecule has 0 aromatic carbocycles. The Kier molecular flexibility index (Phi) is 4.97. The number of anilines is 1. The Morgan fingerprint density at radius 2 is 2.11 bits per heavy atom. The lowest BCUT2D eigenvalue weighted by atomic mass is 10.2. The van der Waals surface area contributed by atoms with Crippen molar-refractivity contribution < 1.29 is 9.59 Å². The van der Waals surface area contributed by atoms with Gasteiger partial charge in [-0.1, -0.05) is 13.8 Å². The first-order valence-corrected chi connectivity index (χ1v) is 6.25. The molecule has 0 aliphatic carbocycles. The number of rotatable bonds is 5. The van der Waals surface area contributed by atoms with Crippen LogP contribution in [0.5, 0.6) is 0 Å². The fourth-order valence-corrected chi connectivity index (χ4v) is 1.66.